The first-order valence-corrected chi connectivity index (χ1v) is 9.39. The molecular weight excluding hydrogens is 326 g/mol. The lowest BCUT2D eigenvalue weighted by Gasteiger charge is -2.26. The minimum atomic E-state index is 0.0820. The molecule has 1 saturated heterocycles. The minimum Gasteiger partial charge on any atom is -0.468 e. The standard InChI is InChI=1S/C21H25N3O2/c25-21(10-14-24-13-9-17-6-1-2-7-18(17)24)22-16-19(20-8-5-15-26-20)23-11-3-4-12-23/h1-2,5-9,13,15,19H,3-4,10-12,14,16H2,(H,22,25). The number of hydrogen-bond donors (Lipinski definition) is 1. The van der Waals surface area contributed by atoms with Crippen molar-refractivity contribution >= 4 is 16.8 Å². The largest absolute Gasteiger partial charge is 0.468 e. The van der Waals surface area contributed by atoms with Crippen molar-refractivity contribution < 1.29 is 9.21 Å². The maximum Gasteiger partial charge on any atom is 0.221 e. The van der Waals surface area contributed by atoms with Gasteiger partial charge in [-0.1, -0.05) is 18.2 Å². The molecule has 2 aromatic heterocycles. The zero-order valence-corrected chi connectivity index (χ0v) is 14.9. The molecular formula is C21H25N3O2. The quantitative estimate of drug-likeness (QED) is 0.708. The van der Waals surface area contributed by atoms with Crippen LogP contribution in [0, 0.1) is 0 Å². The van der Waals surface area contributed by atoms with Gasteiger partial charge in [-0.05, 0) is 55.6 Å². The van der Waals surface area contributed by atoms with Gasteiger partial charge in [0.05, 0.1) is 12.3 Å². The highest BCUT2D eigenvalue weighted by Crippen LogP contribution is 2.25. The molecule has 136 valence electrons. The third-order valence-corrected chi connectivity index (χ3v) is 5.21. The van der Waals surface area contributed by atoms with Gasteiger partial charge in [0.2, 0.25) is 5.91 Å². The van der Waals surface area contributed by atoms with E-state index in [1.165, 1.54) is 23.7 Å². The molecule has 1 N–H and O–H groups in total. The predicted octanol–water partition coefficient (Wildman–Crippen LogP) is 3.58. The Labute approximate surface area is 153 Å². The van der Waals surface area contributed by atoms with Crippen LogP contribution in [0.15, 0.2) is 59.3 Å². The number of carbonyl (C=O) groups excluding carboxylic acids is 1. The Morgan fingerprint density at radius 3 is 2.77 bits per heavy atom. The Bertz CT molecular complexity index is 847. The summed E-state index contributed by atoms with van der Waals surface area (Å²) in [6.45, 7) is 3.42. The highest BCUT2D eigenvalue weighted by molar-refractivity contribution is 5.80. The summed E-state index contributed by atoms with van der Waals surface area (Å²) in [5.74, 6) is 1.02. The summed E-state index contributed by atoms with van der Waals surface area (Å²) < 4.78 is 7.75. The number of nitrogens with one attached hydrogen (secondary N) is 1. The van der Waals surface area contributed by atoms with Crippen molar-refractivity contribution in [2.24, 2.45) is 0 Å². The molecule has 4 rings (SSSR count). The van der Waals surface area contributed by atoms with Crippen molar-refractivity contribution in [3.63, 3.8) is 0 Å². The third kappa shape index (κ3) is 3.68. The normalized spacial score (nSPS) is 16.2. The summed E-state index contributed by atoms with van der Waals surface area (Å²) in [5, 5.41) is 4.31. The van der Waals surface area contributed by atoms with Gasteiger partial charge in [-0.3, -0.25) is 9.69 Å². The summed E-state index contributed by atoms with van der Waals surface area (Å²) >= 11 is 0. The van der Waals surface area contributed by atoms with E-state index >= 15 is 0 Å². The lowest BCUT2D eigenvalue weighted by atomic mass is 10.2. The van der Waals surface area contributed by atoms with Crippen LogP contribution in [0.25, 0.3) is 10.9 Å². The number of carbonyl (C=O) groups is 1. The van der Waals surface area contributed by atoms with Gasteiger partial charge in [-0.15, -0.1) is 0 Å². The molecule has 3 aromatic rings. The molecule has 0 saturated carbocycles. The van der Waals surface area contributed by atoms with Crippen molar-refractivity contribution in [1.29, 1.82) is 0 Å². The lowest BCUT2D eigenvalue weighted by Crippen LogP contribution is -2.36. The first kappa shape index (κ1) is 16.9. The number of furan rings is 1. The van der Waals surface area contributed by atoms with Gasteiger partial charge in [-0.2, -0.15) is 0 Å². The third-order valence-electron chi connectivity index (χ3n) is 5.21. The van der Waals surface area contributed by atoms with Gasteiger partial charge in [0.15, 0.2) is 0 Å². The molecule has 0 aliphatic carbocycles. The number of para-hydroxylation sites is 1. The topological polar surface area (TPSA) is 50.4 Å². The molecule has 1 fully saturated rings. The molecule has 3 heterocycles. The van der Waals surface area contributed by atoms with Gasteiger partial charge in [0, 0.05) is 31.2 Å². The zero-order valence-electron chi connectivity index (χ0n) is 14.9. The molecule has 0 bridgehead atoms. The van der Waals surface area contributed by atoms with Crippen LogP contribution in [0.1, 0.15) is 31.1 Å². The maximum absolute atomic E-state index is 12.4. The Balaban J connectivity index is 1.33. The Morgan fingerprint density at radius 1 is 1.12 bits per heavy atom. The molecule has 1 unspecified atom stereocenters. The lowest BCUT2D eigenvalue weighted by molar-refractivity contribution is -0.121. The fourth-order valence-electron chi connectivity index (χ4n) is 3.80. The minimum absolute atomic E-state index is 0.0820. The molecule has 1 amide bonds. The highest BCUT2D eigenvalue weighted by Gasteiger charge is 2.25. The number of nitrogens with zero attached hydrogens (tertiary/aromatic N) is 2. The smallest absolute Gasteiger partial charge is 0.221 e. The average Bonchev–Trinajstić information content (AvgIpc) is 3.42. The van der Waals surface area contributed by atoms with Crippen molar-refractivity contribution in [1.82, 2.24) is 14.8 Å². The molecule has 0 spiro atoms. The number of amides is 1. The van der Waals surface area contributed by atoms with Gasteiger partial charge >= 0.3 is 0 Å². The monoisotopic (exact) mass is 351 g/mol. The number of benzene rings is 1. The number of rotatable bonds is 7. The van der Waals surface area contributed by atoms with E-state index in [-0.39, 0.29) is 11.9 Å². The van der Waals surface area contributed by atoms with Crippen LogP contribution in [0.5, 0.6) is 0 Å². The second-order valence-corrected chi connectivity index (χ2v) is 6.90. The van der Waals surface area contributed by atoms with E-state index in [0.717, 1.165) is 18.8 Å². The molecule has 26 heavy (non-hydrogen) atoms. The number of fused-ring (bicyclic) bond motifs is 1. The van der Waals surface area contributed by atoms with Crippen LogP contribution in [0.4, 0.5) is 0 Å². The van der Waals surface area contributed by atoms with E-state index in [1.807, 2.05) is 30.5 Å². The maximum atomic E-state index is 12.4. The van der Waals surface area contributed by atoms with E-state index in [1.54, 1.807) is 6.26 Å². The van der Waals surface area contributed by atoms with Gasteiger partial charge in [0.25, 0.3) is 0 Å². The molecule has 0 radical (unpaired) electrons. The van der Waals surface area contributed by atoms with E-state index in [4.69, 9.17) is 4.42 Å². The molecule has 1 aromatic carbocycles. The summed E-state index contributed by atoms with van der Waals surface area (Å²) in [5.41, 5.74) is 1.17. The van der Waals surface area contributed by atoms with Crippen molar-refractivity contribution in [2.45, 2.75) is 31.8 Å². The number of aromatic nitrogens is 1. The number of hydrogen-bond acceptors (Lipinski definition) is 3. The van der Waals surface area contributed by atoms with Crippen LogP contribution < -0.4 is 5.32 Å². The second-order valence-electron chi connectivity index (χ2n) is 6.90. The first-order valence-electron chi connectivity index (χ1n) is 9.39. The van der Waals surface area contributed by atoms with Gasteiger partial charge < -0.3 is 14.3 Å². The summed E-state index contributed by atoms with van der Waals surface area (Å²) in [6.07, 6.45) is 6.66. The van der Waals surface area contributed by atoms with Crippen molar-refractivity contribution in [2.75, 3.05) is 19.6 Å². The zero-order chi connectivity index (χ0) is 17.8. The van der Waals surface area contributed by atoms with E-state index < -0.39 is 0 Å². The molecule has 5 nitrogen and oxygen atoms in total. The highest BCUT2D eigenvalue weighted by atomic mass is 16.3. The average molecular weight is 351 g/mol. The van der Waals surface area contributed by atoms with Crippen LogP contribution >= 0.6 is 0 Å². The van der Waals surface area contributed by atoms with E-state index in [9.17, 15) is 4.79 Å². The van der Waals surface area contributed by atoms with Crippen LogP contribution in [0.2, 0.25) is 0 Å². The van der Waals surface area contributed by atoms with Gasteiger partial charge in [0.1, 0.15) is 5.76 Å². The van der Waals surface area contributed by atoms with E-state index in [0.29, 0.717) is 19.5 Å². The van der Waals surface area contributed by atoms with Crippen molar-refractivity contribution in [3.8, 4) is 0 Å². The second kappa shape index (κ2) is 7.79. The van der Waals surface area contributed by atoms with Crippen molar-refractivity contribution in [3.05, 3.63) is 60.7 Å². The fraction of sp³-hybridized carbons (Fsp3) is 0.381. The van der Waals surface area contributed by atoms with Gasteiger partial charge in [-0.25, -0.2) is 0 Å². The van der Waals surface area contributed by atoms with Crippen LogP contribution in [0.3, 0.4) is 0 Å². The predicted molar refractivity (Wildman–Crippen MR) is 102 cm³/mol. The SMILES string of the molecule is O=C(CCn1ccc2ccccc21)NCC(c1ccco1)N1CCCC1. The molecule has 1 aliphatic heterocycles. The molecule has 1 atom stereocenters. The Kier molecular flexibility index (Phi) is 5.07. The van der Waals surface area contributed by atoms with Crippen LogP contribution in [-0.4, -0.2) is 35.0 Å². The number of aryl methyl sites for hydroxylation is 1. The molecule has 5 heteroatoms. The Hall–Kier alpha value is -2.53. The summed E-state index contributed by atoms with van der Waals surface area (Å²) in [7, 11) is 0. The first-order chi connectivity index (χ1) is 12.8. The van der Waals surface area contributed by atoms with Crippen LogP contribution in [-0.2, 0) is 11.3 Å². The molecule has 1 aliphatic rings. The fourth-order valence-corrected chi connectivity index (χ4v) is 3.80. The van der Waals surface area contributed by atoms with E-state index in [2.05, 4.69) is 33.0 Å². The summed E-state index contributed by atoms with van der Waals surface area (Å²) in [6, 6.07) is 14.4. The Morgan fingerprint density at radius 2 is 1.96 bits per heavy atom. The summed E-state index contributed by atoms with van der Waals surface area (Å²) in [4.78, 5) is 14.8. The number of likely N-dealkylation sites (tertiary alicyclic amines) is 1.